The number of halogens is 2. The Kier molecular flexibility index (Phi) is 4.94. The number of benzene rings is 2. The fourth-order valence-corrected chi connectivity index (χ4v) is 3.88. The molecular formula is C15H14Cl2OSe. The molecule has 0 aliphatic heterocycles. The van der Waals surface area contributed by atoms with E-state index in [0.717, 1.165) is 10.6 Å². The Morgan fingerprint density at radius 2 is 1.42 bits per heavy atom. The van der Waals surface area contributed by atoms with Gasteiger partial charge in [-0.1, -0.05) is 0 Å². The second-order valence-corrected chi connectivity index (χ2v) is 7.60. The van der Waals surface area contributed by atoms with Gasteiger partial charge in [0.15, 0.2) is 0 Å². The van der Waals surface area contributed by atoms with E-state index in [4.69, 9.17) is 23.2 Å². The molecule has 0 saturated heterocycles. The van der Waals surface area contributed by atoms with Crippen molar-refractivity contribution in [3.8, 4) is 0 Å². The molecule has 2 rings (SSSR count). The Balaban J connectivity index is 2.04. The van der Waals surface area contributed by atoms with E-state index in [1.165, 1.54) is 4.46 Å². The van der Waals surface area contributed by atoms with Gasteiger partial charge in [0.25, 0.3) is 0 Å². The molecule has 0 aliphatic carbocycles. The van der Waals surface area contributed by atoms with Gasteiger partial charge in [-0.3, -0.25) is 0 Å². The molecule has 0 amide bonds. The van der Waals surface area contributed by atoms with Gasteiger partial charge in [-0.25, -0.2) is 0 Å². The Morgan fingerprint density at radius 1 is 0.947 bits per heavy atom. The number of hydrogen-bond acceptors (Lipinski definition) is 1. The Morgan fingerprint density at radius 3 is 1.95 bits per heavy atom. The molecule has 0 bridgehead atoms. The fourth-order valence-electron chi connectivity index (χ4n) is 1.65. The number of hydrogen-bond donors (Lipinski definition) is 1. The van der Waals surface area contributed by atoms with Gasteiger partial charge in [0.1, 0.15) is 0 Å². The average Bonchev–Trinajstić information content (AvgIpc) is 2.39. The summed E-state index contributed by atoms with van der Waals surface area (Å²) in [5.41, 5.74) is 0.0669. The molecule has 1 N–H and O–H groups in total. The summed E-state index contributed by atoms with van der Waals surface area (Å²) in [6, 6.07) is 15.2. The minimum absolute atomic E-state index is 0.202. The molecule has 0 fully saturated rings. The first-order valence-corrected chi connectivity index (χ1v) is 8.66. The van der Waals surface area contributed by atoms with Crippen molar-refractivity contribution in [2.75, 3.05) is 0 Å². The molecule has 0 spiro atoms. The number of aliphatic hydroxyl groups is 1. The third-order valence-corrected chi connectivity index (χ3v) is 6.06. The van der Waals surface area contributed by atoms with Gasteiger partial charge in [-0.15, -0.1) is 0 Å². The van der Waals surface area contributed by atoms with Crippen molar-refractivity contribution in [2.24, 2.45) is 0 Å². The standard InChI is InChI=1S/C15H14Cl2OSe/c1-15(18,11-2-4-12(16)5-3-11)10-19-14-8-6-13(17)7-9-14/h2-9,18H,10H2,1H3. The van der Waals surface area contributed by atoms with E-state index >= 15 is 0 Å². The first-order chi connectivity index (χ1) is 8.97. The van der Waals surface area contributed by atoms with Gasteiger partial charge in [-0.05, 0) is 0 Å². The normalized spacial score (nSPS) is 14.1. The predicted molar refractivity (Wildman–Crippen MR) is 82.7 cm³/mol. The summed E-state index contributed by atoms with van der Waals surface area (Å²) in [6.07, 6.45) is 0. The average molecular weight is 360 g/mol. The monoisotopic (exact) mass is 360 g/mol. The quantitative estimate of drug-likeness (QED) is 0.826. The van der Waals surface area contributed by atoms with Crippen LogP contribution < -0.4 is 4.46 Å². The van der Waals surface area contributed by atoms with E-state index < -0.39 is 5.60 Å². The van der Waals surface area contributed by atoms with Crippen molar-refractivity contribution in [2.45, 2.75) is 17.8 Å². The van der Waals surface area contributed by atoms with Crippen molar-refractivity contribution in [3.05, 3.63) is 64.1 Å². The molecule has 2 aromatic rings. The maximum absolute atomic E-state index is 10.5. The summed E-state index contributed by atoms with van der Waals surface area (Å²) < 4.78 is 1.23. The van der Waals surface area contributed by atoms with E-state index in [0.29, 0.717) is 10.3 Å². The van der Waals surface area contributed by atoms with Crippen LogP contribution in [0.4, 0.5) is 0 Å². The second kappa shape index (κ2) is 6.30. The van der Waals surface area contributed by atoms with Crippen LogP contribution in [0.15, 0.2) is 48.5 Å². The Bertz CT molecular complexity index is 535. The summed E-state index contributed by atoms with van der Waals surface area (Å²) in [6.45, 7) is 1.84. The van der Waals surface area contributed by atoms with Crippen LogP contribution in [0.25, 0.3) is 0 Å². The summed E-state index contributed by atoms with van der Waals surface area (Å²) in [7, 11) is 0. The van der Waals surface area contributed by atoms with Gasteiger partial charge in [0, 0.05) is 0 Å². The molecule has 100 valence electrons. The SMILES string of the molecule is CC(O)(C[Se]c1ccc(Cl)cc1)c1ccc(Cl)cc1. The molecule has 0 radical (unpaired) electrons. The summed E-state index contributed by atoms with van der Waals surface area (Å²) in [5, 5.41) is 12.7. The third-order valence-electron chi connectivity index (χ3n) is 2.80. The first-order valence-electron chi connectivity index (χ1n) is 5.84. The first kappa shape index (κ1) is 14.9. The van der Waals surface area contributed by atoms with Gasteiger partial charge >= 0.3 is 130 Å². The van der Waals surface area contributed by atoms with Gasteiger partial charge in [-0.2, -0.15) is 0 Å². The molecule has 19 heavy (non-hydrogen) atoms. The molecular weight excluding hydrogens is 346 g/mol. The Hall–Kier alpha value is -0.501. The van der Waals surface area contributed by atoms with Crippen LogP contribution >= 0.6 is 23.2 Å². The summed E-state index contributed by atoms with van der Waals surface area (Å²) in [4.78, 5) is 0. The van der Waals surface area contributed by atoms with Crippen molar-refractivity contribution in [1.82, 2.24) is 0 Å². The molecule has 0 heterocycles. The summed E-state index contributed by atoms with van der Waals surface area (Å²) >= 11 is 11.9. The molecule has 4 heteroatoms. The fraction of sp³-hybridized carbons (Fsp3) is 0.200. The van der Waals surface area contributed by atoms with E-state index in [1.807, 2.05) is 43.3 Å². The van der Waals surface area contributed by atoms with Crippen LogP contribution in [0.3, 0.4) is 0 Å². The Labute approximate surface area is 129 Å². The molecule has 0 aliphatic rings. The maximum atomic E-state index is 10.5. The van der Waals surface area contributed by atoms with Gasteiger partial charge in [0.2, 0.25) is 0 Å². The van der Waals surface area contributed by atoms with Crippen molar-refractivity contribution >= 4 is 42.6 Å². The van der Waals surface area contributed by atoms with E-state index in [-0.39, 0.29) is 15.0 Å². The van der Waals surface area contributed by atoms with Crippen LogP contribution in [0, 0.1) is 0 Å². The molecule has 0 saturated carbocycles. The van der Waals surface area contributed by atoms with Crippen LogP contribution in [0.1, 0.15) is 12.5 Å². The molecule has 0 aromatic heterocycles. The second-order valence-electron chi connectivity index (χ2n) is 4.52. The zero-order valence-electron chi connectivity index (χ0n) is 10.4. The predicted octanol–water partition coefficient (Wildman–Crippen LogP) is 3.65. The van der Waals surface area contributed by atoms with Crippen molar-refractivity contribution in [1.29, 1.82) is 0 Å². The van der Waals surface area contributed by atoms with Crippen molar-refractivity contribution < 1.29 is 5.11 Å². The zero-order chi connectivity index (χ0) is 13.9. The van der Waals surface area contributed by atoms with Gasteiger partial charge < -0.3 is 0 Å². The third kappa shape index (κ3) is 4.24. The van der Waals surface area contributed by atoms with E-state index in [2.05, 4.69) is 0 Å². The van der Waals surface area contributed by atoms with Crippen LogP contribution in [-0.2, 0) is 5.60 Å². The molecule has 1 nitrogen and oxygen atoms in total. The van der Waals surface area contributed by atoms with Crippen molar-refractivity contribution in [3.63, 3.8) is 0 Å². The van der Waals surface area contributed by atoms with Crippen LogP contribution in [0.5, 0.6) is 0 Å². The zero-order valence-corrected chi connectivity index (χ0v) is 13.7. The molecule has 2 aromatic carbocycles. The van der Waals surface area contributed by atoms with Gasteiger partial charge in [0.05, 0.1) is 0 Å². The van der Waals surface area contributed by atoms with E-state index in [9.17, 15) is 5.11 Å². The van der Waals surface area contributed by atoms with E-state index in [1.54, 1.807) is 12.1 Å². The number of rotatable bonds is 4. The topological polar surface area (TPSA) is 20.2 Å². The minimum atomic E-state index is -0.829. The summed E-state index contributed by atoms with van der Waals surface area (Å²) in [5.74, 6) is 0. The molecule has 1 unspecified atom stereocenters. The van der Waals surface area contributed by atoms with Crippen LogP contribution in [0.2, 0.25) is 15.4 Å². The van der Waals surface area contributed by atoms with Crippen LogP contribution in [-0.4, -0.2) is 20.1 Å². The molecule has 1 atom stereocenters.